The van der Waals surface area contributed by atoms with Gasteiger partial charge in [-0.3, -0.25) is 0 Å². The fourth-order valence-corrected chi connectivity index (χ4v) is 3.22. The topological polar surface area (TPSA) is 95.7 Å². The lowest BCUT2D eigenvalue weighted by Gasteiger charge is -2.33. The molecule has 0 atom stereocenters. The van der Waals surface area contributed by atoms with Gasteiger partial charge in [-0.2, -0.15) is 4.52 Å². The third kappa shape index (κ3) is 3.82. The fourth-order valence-electron chi connectivity index (χ4n) is 2.60. The number of sulfonamides is 1. The molecule has 3 rings (SSSR count). The van der Waals surface area contributed by atoms with E-state index in [9.17, 15) is 8.42 Å². The summed E-state index contributed by atoms with van der Waals surface area (Å²) in [5.74, 6) is 1.62. The zero-order valence-corrected chi connectivity index (χ0v) is 14.8. The molecule has 10 heteroatoms. The van der Waals surface area contributed by atoms with Crippen molar-refractivity contribution in [2.24, 2.45) is 0 Å². The Kier molecular flexibility index (Phi) is 4.97. The maximum Gasteiger partial charge on any atom is 0.211 e. The first-order valence-corrected chi connectivity index (χ1v) is 9.76. The van der Waals surface area contributed by atoms with Gasteiger partial charge in [0.2, 0.25) is 10.0 Å². The van der Waals surface area contributed by atoms with E-state index in [1.807, 2.05) is 12.1 Å². The molecule has 0 aromatic carbocycles. The van der Waals surface area contributed by atoms with Gasteiger partial charge in [-0.05, 0) is 26.1 Å². The summed E-state index contributed by atoms with van der Waals surface area (Å²) in [7, 11) is -1.08. The van der Waals surface area contributed by atoms with Crippen LogP contribution in [0.5, 0.6) is 0 Å². The van der Waals surface area contributed by atoms with Crippen molar-refractivity contribution >= 4 is 21.5 Å². The lowest BCUT2D eigenvalue weighted by atomic mass is 10.3. The van der Waals surface area contributed by atoms with Crippen molar-refractivity contribution < 1.29 is 8.42 Å². The van der Waals surface area contributed by atoms with Crippen molar-refractivity contribution in [3.05, 3.63) is 18.0 Å². The molecule has 0 spiro atoms. The summed E-state index contributed by atoms with van der Waals surface area (Å²) in [5, 5.41) is 12.9. The van der Waals surface area contributed by atoms with Gasteiger partial charge >= 0.3 is 0 Å². The van der Waals surface area contributed by atoms with Gasteiger partial charge in [0, 0.05) is 39.1 Å². The van der Waals surface area contributed by atoms with E-state index in [1.165, 1.54) is 0 Å². The minimum Gasteiger partial charge on any atom is -0.353 e. The number of nitrogens with one attached hydrogen (secondary N) is 1. The summed E-state index contributed by atoms with van der Waals surface area (Å²) < 4.78 is 27.2. The largest absolute Gasteiger partial charge is 0.353 e. The molecule has 2 aromatic rings. The second-order valence-electron chi connectivity index (χ2n) is 5.92. The maximum absolute atomic E-state index is 11.5. The smallest absolute Gasteiger partial charge is 0.211 e. The average molecular weight is 353 g/mol. The van der Waals surface area contributed by atoms with E-state index in [0.717, 1.165) is 32.0 Å². The summed E-state index contributed by atoms with van der Waals surface area (Å²) in [4.78, 5) is 4.53. The number of hydrogen-bond acceptors (Lipinski definition) is 7. The SMILES string of the molecule is CCS(=O)(=O)NCCc1nnc2ccc(N3CCN(C)CC3)nn12. The van der Waals surface area contributed by atoms with Gasteiger partial charge in [-0.25, -0.2) is 13.1 Å². The second-order valence-corrected chi connectivity index (χ2v) is 8.01. The van der Waals surface area contributed by atoms with Crippen LogP contribution < -0.4 is 9.62 Å². The number of fused-ring (bicyclic) bond motifs is 1. The highest BCUT2D eigenvalue weighted by atomic mass is 32.2. The molecule has 0 aliphatic carbocycles. The minimum absolute atomic E-state index is 0.0688. The number of rotatable bonds is 6. The van der Waals surface area contributed by atoms with Crippen molar-refractivity contribution in [2.75, 3.05) is 50.4 Å². The van der Waals surface area contributed by atoms with Crippen molar-refractivity contribution in [3.8, 4) is 0 Å². The van der Waals surface area contributed by atoms with Crippen LogP contribution in [0.2, 0.25) is 0 Å². The van der Waals surface area contributed by atoms with Crippen LogP contribution in [0.15, 0.2) is 12.1 Å². The van der Waals surface area contributed by atoms with Crippen LogP contribution in [0.1, 0.15) is 12.7 Å². The molecule has 0 saturated carbocycles. The molecule has 132 valence electrons. The Labute approximate surface area is 141 Å². The number of hydrogen-bond donors (Lipinski definition) is 1. The number of nitrogens with zero attached hydrogens (tertiary/aromatic N) is 6. The molecular formula is C14H23N7O2S. The van der Waals surface area contributed by atoms with Gasteiger partial charge in [0.05, 0.1) is 5.75 Å². The predicted octanol–water partition coefficient (Wildman–Crippen LogP) is -0.642. The van der Waals surface area contributed by atoms with Crippen molar-refractivity contribution in [1.29, 1.82) is 0 Å². The van der Waals surface area contributed by atoms with E-state index in [0.29, 0.717) is 17.9 Å². The molecule has 1 fully saturated rings. The van der Waals surface area contributed by atoms with E-state index >= 15 is 0 Å². The average Bonchev–Trinajstić information content (AvgIpc) is 2.98. The molecule has 9 nitrogen and oxygen atoms in total. The lowest BCUT2D eigenvalue weighted by Crippen LogP contribution is -2.45. The lowest BCUT2D eigenvalue weighted by molar-refractivity contribution is 0.311. The number of piperazine rings is 1. The quantitative estimate of drug-likeness (QED) is 0.738. The maximum atomic E-state index is 11.5. The molecule has 0 unspecified atom stereocenters. The molecule has 1 saturated heterocycles. The van der Waals surface area contributed by atoms with Crippen molar-refractivity contribution in [1.82, 2.24) is 29.4 Å². The standard InChI is InChI=1S/C14H23N7O2S/c1-3-24(22,23)15-7-6-13-17-16-12-4-5-14(18-21(12)13)20-10-8-19(2)9-11-20/h4-5,15H,3,6-11H2,1-2H3. The Morgan fingerprint density at radius 3 is 2.62 bits per heavy atom. The summed E-state index contributed by atoms with van der Waals surface area (Å²) in [5.41, 5.74) is 0.668. The zero-order chi connectivity index (χ0) is 17.2. The molecule has 1 aliphatic rings. The molecule has 0 bridgehead atoms. The third-order valence-corrected chi connectivity index (χ3v) is 5.60. The summed E-state index contributed by atoms with van der Waals surface area (Å²) >= 11 is 0. The van der Waals surface area contributed by atoms with Gasteiger partial charge < -0.3 is 9.80 Å². The van der Waals surface area contributed by atoms with Gasteiger partial charge in [-0.15, -0.1) is 15.3 Å². The summed E-state index contributed by atoms with van der Waals surface area (Å²) in [6.07, 6.45) is 0.444. The van der Waals surface area contributed by atoms with E-state index in [4.69, 9.17) is 0 Å². The second kappa shape index (κ2) is 6.99. The normalized spacial score (nSPS) is 16.8. The van der Waals surface area contributed by atoms with Crippen LogP contribution in [-0.4, -0.2) is 78.7 Å². The van der Waals surface area contributed by atoms with Crippen LogP contribution in [0.25, 0.3) is 5.65 Å². The van der Waals surface area contributed by atoms with Crippen LogP contribution in [-0.2, 0) is 16.4 Å². The molecule has 0 amide bonds. The fraction of sp³-hybridized carbons (Fsp3) is 0.643. The van der Waals surface area contributed by atoms with Crippen LogP contribution in [0.3, 0.4) is 0 Å². The van der Waals surface area contributed by atoms with Crippen LogP contribution >= 0.6 is 0 Å². The Hall–Kier alpha value is -1.78. The molecule has 2 aromatic heterocycles. The van der Waals surface area contributed by atoms with E-state index in [-0.39, 0.29) is 12.3 Å². The third-order valence-electron chi connectivity index (χ3n) is 4.19. The van der Waals surface area contributed by atoms with Crippen LogP contribution in [0, 0.1) is 0 Å². The van der Waals surface area contributed by atoms with Crippen LogP contribution in [0.4, 0.5) is 5.82 Å². The first-order chi connectivity index (χ1) is 11.5. The summed E-state index contributed by atoms with van der Waals surface area (Å²) in [6, 6.07) is 3.85. The monoisotopic (exact) mass is 353 g/mol. The first kappa shape index (κ1) is 17.1. The number of anilines is 1. The van der Waals surface area contributed by atoms with Crippen molar-refractivity contribution in [2.45, 2.75) is 13.3 Å². The molecular weight excluding hydrogens is 330 g/mol. The molecule has 24 heavy (non-hydrogen) atoms. The highest BCUT2D eigenvalue weighted by Gasteiger charge is 2.17. The molecule has 1 N–H and O–H groups in total. The van der Waals surface area contributed by atoms with E-state index < -0.39 is 10.0 Å². The van der Waals surface area contributed by atoms with Gasteiger partial charge in [0.15, 0.2) is 11.5 Å². The molecule has 1 aliphatic heterocycles. The Bertz CT molecular complexity index is 797. The first-order valence-electron chi connectivity index (χ1n) is 8.10. The highest BCUT2D eigenvalue weighted by molar-refractivity contribution is 7.89. The predicted molar refractivity (Wildman–Crippen MR) is 91.7 cm³/mol. The Balaban J connectivity index is 1.74. The van der Waals surface area contributed by atoms with Gasteiger partial charge in [-0.1, -0.05) is 0 Å². The number of aromatic nitrogens is 4. The molecule has 3 heterocycles. The van der Waals surface area contributed by atoms with Gasteiger partial charge in [0.1, 0.15) is 5.82 Å². The highest BCUT2D eigenvalue weighted by Crippen LogP contribution is 2.14. The zero-order valence-electron chi connectivity index (χ0n) is 14.0. The summed E-state index contributed by atoms with van der Waals surface area (Å²) in [6.45, 7) is 5.78. The number of likely N-dealkylation sites (N-methyl/N-ethyl adjacent to an activating group) is 1. The Morgan fingerprint density at radius 2 is 1.92 bits per heavy atom. The van der Waals surface area contributed by atoms with E-state index in [1.54, 1.807) is 11.4 Å². The Morgan fingerprint density at radius 1 is 1.17 bits per heavy atom. The molecule has 0 radical (unpaired) electrons. The van der Waals surface area contributed by atoms with E-state index in [2.05, 4.69) is 36.9 Å². The van der Waals surface area contributed by atoms with Crippen molar-refractivity contribution in [3.63, 3.8) is 0 Å². The van der Waals surface area contributed by atoms with Gasteiger partial charge in [0.25, 0.3) is 0 Å². The minimum atomic E-state index is -3.20.